The van der Waals surface area contributed by atoms with Gasteiger partial charge >= 0.3 is 12.4 Å². The fraction of sp³-hybridized carbons (Fsp3) is 0.375. The Kier molecular flexibility index (Phi) is 6.29. The Morgan fingerprint density at radius 2 is 1.86 bits per heavy atom. The van der Waals surface area contributed by atoms with Gasteiger partial charge in [-0.2, -0.15) is 31.4 Å². The molecule has 0 saturated carbocycles. The van der Waals surface area contributed by atoms with Crippen LogP contribution in [-0.2, 0) is 12.4 Å². The van der Waals surface area contributed by atoms with Crippen molar-refractivity contribution in [1.82, 2.24) is 20.4 Å². The van der Waals surface area contributed by atoms with Gasteiger partial charge < -0.3 is 10.6 Å². The van der Waals surface area contributed by atoms with Gasteiger partial charge in [0.2, 0.25) is 0 Å². The Hall–Kier alpha value is -2.27. The summed E-state index contributed by atoms with van der Waals surface area (Å²) in [5.41, 5.74) is -3.73. The molecule has 2 aromatic rings. The van der Waals surface area contributed by atoms with Gasteiger partial charge in [-0.05, 0) is 18.2 Å². The molecule has 1 aliphatic heterocycles. The van der Waals surface area contributed by atoms with E-state index in [0.29, 0.717) is 30.0 Å². The van der Waals surface area contributed by atoms with E-state index in [1.165, 1.54) is 0 Å². The number of hydrogen-bond donors (Lipinski definition) is 2. The maximum atomic E-state index is 13.5. The third kappa shape index (κ3) is 4.58. The molecule has 154 valence electrons. The van der Waals surface area contributed by atoms with Gasteiger partial charge in [-0.1, -0.05) is 6.07 Å². The summed E-state index contributed by atoms with van der Waals surface area (Å²) >= 11 is 0. The molecule has 2 N–H and O–H groups in total. The Labute approximate surface area is 161 Å². The van der Waals surface area contributed by atoms with E-state index in [4.69, 9.17) is 0 Å². The zero-order valence-corrected chi connectivity index (χ0v) is 14.9. The number of rotatable bonds is 4. The number of halogens is 7. The number of nitrogens with one attached hydrogen (secondary N) is 2. The molecule has 28 heavy (non-hydrogen) atoms. The molecule has 1 saturated heterocycles. The summed E-state index contributed by atoms with van der Waals surface area (Å²) in [6.45, 7) is 1.49. The maximum Gasteiger partial charge on any atom is 0.434 e. The van der Waals surface area contributed by atoms with E-state index in [9.17, 15) is 31.1 Å². The van der Waals surface area contributed by atoms with Crippen LogP contribution in [0.3, 0.4) is 0 Å². The first-order valence-corrected chi connectivity index (χ1v) is 7.89. The van der Waals surface area contributed by atoms with Crippen LogP contribution < -0.4 is 10.6 Å². The van der Waals surface area contributed by atoms with Crippen molar-refractivity contribution in [3.05, 3.63) is 47.3 Å². The molecular formula is C16H15ClF6N4O. The average molecular weight is 429 g/mol. The van der Waals surface area contributed by atoms with Crippen molar-refractivity contribution in [3.63, 3.8) is 0 Å². The highest BCUT2D eigenvalue weighted by Gasteiger charge is 2.41. The van der Waals surface area contributed by atoms with Crippen LogP contribution in [0.25, 0.3) is 5.69 Å². The number of hydrogen-bond acceptors (Lipinski definition) is 3. The third-order valence-corrected chi connectivity index (χ3v) is 4.12. The topological polar surface area (TPSA) is 59.0 Å². The Morgan fingerprint density at radius 3 is 2.39 bits per heavy atom. The SMILES string of the molecule is Cl.O=C(NCC1CNC1)c1cnn(-c2cccc(C(F)(F)F)c2)c1C(F)(F)F. The van der Waals surface area contributed by atoms with E-state index in [1.807, 2.05) is 0 Å². The van der Waals surface area contributed by atoms with Gasteiger partial charge in [0.05, 0.1) is 23.0 Å². The second-order valence-corrected chi connectivity index (χ2v) is 6.10. The van der Waals surface area contributed by atoms with Crippen LogP contribution in [0.5, 0.6) is 0 Å². The summed E-state index contributed by atoms with van der Waals surface area (Å²) in [6, 6.07) is 3.31. The van der Waals surface area contributed by atoms with Gasteiger partial charge in [0.1, 0.15) is 0 Å². The number of aromatic nitrogens is 2. The minimum atomic E-state index is -4.99. The normalized spacial score (nSPS) is 14.9. The molecule has 3 rings (SSSR count). The fourth-order valence-electron chi connectivity index (χ4n) is 2.62. The van der Waals surface area contributed by atoms with Crippen LogP contribution in [-0.4, -0.2) is 35.3 Å². The van der Waals surface area contributed by atoms with Gasteiger partial charge in [-0.15, -0.1) is 12.4 Å². The number of nitrogens with zero attached hydrogens (tertiary/aromatic N) is 2. The number of carbonyl (C=O) groups is 1. The van der Waals surface area contributed by atoms with E-state index >= 15 is 0 Å². The molecule has 1 aromatic carbocycles. The van der Waals surface area contributed by atoms with Crippen molar-refractivity contribution >= 4 is 18.3 Å². The molecule has 5 nitrogen and oxygen atoms in total. The molecular weight excluding hydrogens is 414 g/mol. The number of benzene rings is 1. The largest absolute Gasteiger partial charge is 0.434 e. The van der Waals surface area contributed by atoms with E-state index in [2.05, 4.69) is 15.7 Å². The first-order chi connectivity index (χ1) is 12.6. The highest BCUT2D eigenvalue weighted by Crippen LogP contribution is 2.35. The van der Waals surface area contributed by atoms with Crippen molar-refractivity contribution in [2.24, 2.45) is 5.92 Å². The first-order valence-electron chi connectivity index (χ1n) is 7.89. The second-order valence-electron chi connectivity index (χ2n) is 6.10. The number of alkyl halides is 6. The first kappa shape index (κ1) is 22.0. The van der Waals surface area contributed by atoms with Crippen LogP contribution >= 0.6 is 12.4 Å². The minimum absolute atomic E-state index is 0. The third-order valence-electron chi connectivity index (χ3n) is 4.12. The van der Waals surface area contributed by atoms with Crippen LogP contribution in [0.15, 0.2) is 30.5 Å². The zero-order valence-electron chi connectivity index (χ0n) is 14.1. The van der Waals surface area contributed by atoms with E-state index in [1.54, 1.807) is 0 Å². The van der Waals surface area contributed by atoms with Crippen molar-refractivity contribution in [2.75, 3.05) is 19.6 Å². The molecule has 0 bridgehead atoms. The number of amides is 1. The second kappa shape index (κ2) is 8.00. The molecule has 1 aliphatic rings. The molecule has 0 atom stereocenters. The predicted molar refractivity (Wildman–Crippen MR) is 89.5 cm³/mol. The maximum absolute atomic E-state index is 13.5. The van der Waals surface area contributed by atoms with E-state index < -0.39 is 40.8 Å². The Balaban J connectivity index is 0.00000280. The van der Waals surface area contributed by atoms with Crippen molar-refractivity contribution in [1.29, 1.82) is 0 Å². The van der Waals surface area contributed by atoms with Gasteiger partial charge in [-0.3, -0.25) is 4.79 Å². The molecule has 2 heterocycles. The minimum Gasteiger partial charge on any atom is -0.352 e. The van der Waals surface area contributed by atoms with E-state index in [-0.39, 0.29) is 24.9 Å². The summed E-state index contributed by atoms with van der Waals surface area (Å²) in [7, 11) is 0. The summed E-state index contributed by atoms with van der Waals surface area (Å²) in [4.78, 5) is 12.2. The van der Waals surface area contributed by atoms with Crippen LogP contribution in [0.2, 0.25) is 0 Å². The van der Waals surface area contributed by atoms with Gasteiger partial charge in [0.15, 0.2) is 5.69 Å². The zero-order chi connectivity index (χ0) is 19.8. The summed E-state index contributed by atoms with van der Waals surface area (Å²) in [5, 5.41) is 8.88. The lowest BCUT2D eigenvalue weighted by Gasteiger charge is -2.27. The van der Waals surface area contributed by atoms with E-state index in [0.717, 1.165) is 18.2 Å². The summed E-state index contributed by atoms with van der Waals surface area (Å²) in [6.07, 6.45) is -9.01. The lowest BCUT2D eigenvalue weighted by atomic mass is 10.0. The van der Waals surface area contributed by atoms with Gasteiger partial charge in [0, 0.05) is 25.6 Å². The standard InChI is InChI=1S/C16H14F6N4O.ClH/c17-15(18,19)10-2-1-3-11(4-10)26-13(16(20,21)22)12(8-25-26)14(27)24-7-9-5-23-6-9;/h1-4,8-9,23H,5-7H2,(H,24,27);1H. The molecule has 0 aliphatic carbocycles. The highest BCUT2D eigenvalue weighted by atomic mass is 35.5. The van der Waals surface area contributed by atoms with Crippen LogP contribution in [0, 0.1) is 5.92 Å². The van der Waals surface area contributed by atoms with Crippen LogP contribution in [0.1, 0.15) is 21.6 Å². The summed E-state index contributed by atoms with van der Waals surface area (Å²) in [5.74, 6) is -0.853. The quantitative estimate of drug-likeness (QED) is 0.735. The van der Waals surface area contributed by atoms with Crippen molar-refractivity contribution < 1.29 is 31.1 Å². The monoisotopic (exact) mass is 428 g/mol. The molecule has 1 fully saturated rings. The summed E-state index contributed by atoms with van der Waals surface area (Å²) < 4.78 is 79.4. The van der Waals surface area contributed by atoms with Crippen molar-refractivity contribution in [3.8, 4) is 5.69 Å². The molecule has 0 radical (unpaired) electrons. The van der Waals surface area contributed by atoms with Gasteiger partial charge in [-0.25, -0.2) is 4.68 Å². The number of carbonyl (C=O) groups excluding carboxylic acids is 1. The highest BCUT2D eigenvalue weighted by molar-refractivity contribution is 5.95. The molecule has 1 aromatic heterocycles. The van der Waals surface area contributed by atoms with Crippen LogP contribution in [0.4, 0.5) is 26.3 Å². The fourth-order valence-corrected chi connectivity index (χ4v) is 2.62. The lowest BCUT2D eigenvalue weighted by Crippen LogP contribution is -2.48. The predicted octanol–water partition coefficient (Wildman–Crippen LogP) is 3.28. The van der Waals surface area contributed by atoms with Crippen molar-refractivity contribution in [2.45, 2.75) is 12.4 Å². The average Bonchev–Trinajstić information content (AvgIpc) is 2.98. The molecule has 1 amide bonds. The lowest BCUT2D eigenvalue weighted by molar-refractivity contribution is -0.143. The smallest absolute Gasteiger partial charge is 0.352 e. The van der Waals surface area contributed by atoms with Gasteiger partial charge in [0.25, 0.3) is 5.91 Å². The Morgan fingerprint density at radius 1 is 1.18 bits per heavy atom. The Bertz CT molecular complexity index is 844. The molecule has 12 heteroatoms. The molecule has 0 unspecified atom stereocenters. The molecule has 0 spiro atoms.